The Labute approximate surface area is 172 Å². The van der Waals surface area contributed by atoms with Crippen LogP contribution in [0.5, 0.6) is 11.5 Å². The highest BCUT2D eigenvalue weighted by Crippen LogP contribution is 2.24. The molecule has 1 aliphatic rings. The van der Waals surface area contributed by atoms with E-state index in [1.807, 2.05) is 24.3 Å². The van der Waals surface area contributed by atoms with Gasteiger partial charge in [-0.05, 0) is 61.4 Å². The molecular formula is C21H28N2O5S. The van der Waals surface area contributed by atoms with E-state index >= 15 is 0 Å². The summed E-state index contributed by atoms with van der Waals surface area (Å²) in [5, 5.41) is 0. The van der Waals surface area contributed by atoms with Gasteiger partial charge in [0.1, 0.15) is 18.1 Å². The topological polar surface area (TPSA) is 77.1 Å². The number of sulfonamides is 1. The molecule has 0 spiro atoms. The minimum atomic E-state index is -3.56. The molecule has 0 aromatic heterocycles. The molecule has 0 atom stereocenters. The molecule has 8 heteroatoms. The fraction of sp³-hybridized carbons (Fsp3) is 0.429. The molecule has 0 amide bonds. The number of ether oxygens (including phenoxy) is 3. The Morgan fingerprint density at radius 2 is 1.55 bits per heavy atom. The molecule has 0 saturated carbocycles. The summed E-state index contributed by atoms with van der Waals surface area (Å²) in [7, 11) is -0.307. The van der Waals surface area contributed by atoms with Crippen molar-refractivity contribution in [1.82, 2.24) is 4.72 Å². The summed E-state index contributed by atoms with van der Waals surface area (Å²) in [6, 6.07) is 14.3. The number of benzene rings is 2. The molecule has 1 N–H and O–H groups in total. The van der Waals surface area contributed by atoms with Crippen molar-refractivity contribution in [3.05, 3.63) is 48.5 Å². The van der Waals surface area contributed by atoms with Crippen molar-refractivity contribution in [2.75, 3.05) is 45.4 Å². The van der Waals surface area contributed by atoms with Crippen LogP contribution in [0.2, 0.25) is 0 Å². The van der Waals surface area contributed by atoms with Crippen molar-refractivity contribution in [3.8, 4) is 11.5 Å². The third-order valence-electron chi connectivity index (χ3n) is 4.94. The van der Waals surface area contributed by atoms with Crippen molar-refractivity contribution < 1.29 is 22.6 Å². The van der Waals surface area contributed by atoms with Gasteiger partial charge < -0.3 is 19.1 Å². The monoisotopic (exact) mass is 420 g/mol. The number of nitrogens with one attached hydrogen (secondary N) is 1. The van der Waals surface area contributed by atoms with E-state index in [1.165, 1.54) is 0 Å². The maximum absolute atomic E-state index is 12.7. The van der Waals surface area contributed by atoms with Crippen LogP contribution in [0.15, 0.2) is 53.4 Å². The van der Waals surface area contributed by atoms with Gasteiger partial charge in [-0.15, -0.1) is 0 Å². The highest BCUT2D eigenvalue weighted by atomic mass is 32.2. The van der Waals surface area contributed by atoms with Crippen molar-refractivity contribution in [2.45, 2.75) is 23.8 Å². The summed E-state index contributed by atoms with van der Waals surface area (Å²) in [6.07, 6.45) is 1.51. The Balaban J connectivity index is 1.53. The lowest BCUT2D eigenvalue weighted by Crippen LogP contribution is -2.44. The molecule has 29 heavy (non-hydrogen) atoms. The van der Waals surface area contributed by atoms with Gasteiger partial charge in [0.25, 0.3) is 0 Å². The highest BCUT2D eigenvalue weighted by molar-refractivity contribution is 7.89. The molecular weight excluding hydrogens is 392 g/mol. The van der Waals surface area contributed by atoms with E-state index < -0.39 is 10.0 Å². The number of hydrogen-bond acceptors (Lipinski definition) is 6. The molecule has 1 saturated heterocycles. The average molecular weight is 421 g/mol. The molecule has 7 nitrogen and oxygen atoms in total. The highest BCUT2D eigenvalue weighted by Gasteiger charge is 2.25. The van der Waals surface area contributed by atoms with Crippen LogP contribution in [-0.2, 0) is 14.8 Å². The van der Waals surface area contributed by atoms with Gasteiger partial charge in [0.2, 0.25) is 10.0 Å². The molecule has 3 rings (SSSR count). The molecule has 1 heterocycles. The first kappa shape index (κ1) is 21.4. The van der Waals surface area contributed by atoms with Crippen LogP contribution in [0.25, 0.3) is 0 Å². The van der Waals surface area contributed by atoms with Gasteiger partial charge in [-0.3, -0.25) is 0 Å². The molecule has 0 unspecified atom stereocenters. The Morgan fingerprint density at radius 1 is 0.931 bits per heavy atom. The Bertz CT molecular complexity index is 861. The predicted octanol–water partition coefficient (Wildman–Crippen LogP) is 2.67. The summed E-state index contributed by atoms with van der Waals surface area (Å²) in [5.74, 6) is 1.44. The zero-order chi connectivity index (χ0) is 20.7. The molecule has 158 valence electrons. The number of anilines is 1. The molecule has 2 aromatic carbocycles. The Kier molecular flexibility index (Phi) is 7.35. The van der Waals surface area contributed by atoms with Crippen LogP contribution in [-0.4, -0.2) is 55.0 Å². The van der Waals surface area contributed by atoms with Gasteiger partial charge in [0.05, 0.1) is 18.6 Å². The second-order valence-electron chi connectivity index (χ2n) is 6.89. The summed E-state index contributed by atoms with van der Waals surface area (Å²) in [4.78, 5) is 2.50. The van der Waals surface area contributed by atoms with Gasteiger partial charge >= 0.3 is 0 Å². The van der Waals surface area contributed by atoms with E-state index in [1.54, 1.807) is 38.5 Å². The number of piperidine rings is 1. The standard InChI is InChI=1S/C21H28N2O5S/c1-26-15-16-28-20-7-9-21(10-8-20)29(24,25)22-17-11-13-23(14-12-17)18-3-5-19(27-2)6-4-18/h3-10,17,22H,11-16H2,1-2H3. The van der Waals surface area contributed by atoms with Crippen molar-refractivity contribution in [3.63, 3.8) is 0 Å². The maximum atomic E-state index is 12.7. The minimum Gasteiger partial charge on any atom is -0.497 e. The van der Waals surface area contributed by atoms with Crippen molar-refractivity contribution in [1.29, 1.82) is 0 Å². The first-order chi connectivity index (χ1) is 14.0. The van der Waals surface area contributed by atoms with Crippen LogP contribution in [0, 0.1) is 0 Å². The van der Waals surface area contributed by atoms with E-state index in [0.717, 1.165) is 37.4 Å². The zero-order valence-corrected chi connectivity index (χ0v) is 17.7. The molecule has 1 aliphatic heterocycles. The fourth-order valence-electron chi connectivity index (χ4n) is 3.29. The van der Waals surface area contributed by atoms with E-state index in [9.17, 15) is 8.42 Å². The summed E-state index contributed by atoms with van der Waals surface area (Å²) < 4.78 is 43.8. The van der Waals surface area contributed by atoms with E-state index in [0.29, 0.717) is 19.0 Å². The van der Waals surface area contributed by atoms with E-state index in [2.05, 4.69) is 9.62 Å². The molecule has 0 bridgehead atoms. The number of methoxy groups -OCH3 is 2. The summed E-state index contributed by atoms with van der Waals surface area (Å²) >= 11 is 0. The van der Waals surface area contributed by atoms with E-state index in [4.69, 9.17) is 14.2 Å². The lowest BCUT2D eigenvalue weighted by atomic mass is 10.1. The minimum absolute atomic E-state index is 0.0767. The van der Waals surface area contributed by atoms with Gasteiger partial charge in [-0.2, -0.15) is 0 Å². The largest absolute Gasteiger partial charge is 0.497 e. The van der Waals surface area contributed by atoms with Crippen LogP contribution in [0.3, 0.4) is 0 Å². The van der Waals surface area contributed by atoms with E-state index in [-0.39, 0.29) is 10.9 Å². The smallest absolute Gasteiger partial charge is 0.240 e. The van der Waals surface area contributed by atoms with Crippen LogP contribution < -0.4 is 19.1 Å². The summed E-state index contributed by atoms with van der Waals surface area (Å²) in [5.41, 5.74) is 1.12. The zero-order valence-electron chi connectivity index (χ0n) is 16.8. The Hall–Kier alpha value is -2.29. The second kappa shape index (κ2) is 9.96. The SMILES string of the molecule is COCCOc1ccc(S(=O)(=O)NC2CCN(c3ccc(OC)cc3)CC2)cc1. The number of nitrogens with zero attached hydrogens (tertiary/aromatic N) is 1. The van der Waals surface area contributed by atoms with Gasteiger partial charge in [-0.25, -0.2) is 13.1 Å². The van der Waals surface area contributed by atoms with Crippen LogP contribution in [0.1, 0.15) is 12.8 Å². The number of hydrogen-bond donors (Lipinski definition) is 1. The molecule has 2 aromatic rings. The number of rotatable bonds is 9. The summed E-state index contributed by atoms with van der Waals surface area (Å²) in [6.45, 7) is 2.50. The fourth-order valence-corrected chi connectivity index (χ4v) is 4.60. The predicted molar refractivity (Wildman–Crippen MR) is 112 cm³/mol. The van der Waals surface area contributed by atoms with Gasteiger partial charge in [-0.1, -0.05) is 0 Å². The molecule has 1 fully saturated rings. The quantitative estimate of drug-likeness (QED) is 0.629. The van der Waals surface area contributed by atoms with Crippen molar-refractivity contribution >= 4 is 15.7 Å². The third kappa shape index (κ3) is 5.85. The third-order valence-corrected chi connectivity index (χ3v) is 6.48. The van der Waals surface area contributed by atoms with Crippen LogP contribution >= 0.6 is 0 Å². The van der Waals surface area contributed by atoms with Gasteiger partial charge in [0.15, 0.2) is 0 Å². The average Bonchev–Trinajstić information content (AvgIpc) is 2.75. The first-order valence-corrected chi connectivity index (χ1v) is 11.1. The normalized spacial score (nSPS) is 15.3. The second-order valence-corrected chi connectivity index (χ2v) is 8.61. The first-order valence-electron chi connectivity index (χ1n) is 9.65. The van der Waals surface area contributed by atoms with Crippen molar-refractivity contribution in [2.24, 2.45) is 0 Å². The maximum Gasteiger partial charge on any atom is 0.240 e. The lowest BCUT2D eigenvalue weighted by molar-refractivity contribution is 0.146. The molecule has 0 radical (unpaired) electrons. The molecule has 0 aliphatic carbocycles. The van der Waals surface area contributed by atoms with Gasteiger partial charge in [0, 0.05) is 31.9 Å². The van der Waals surface area contributed by atoms with Crippen LogP contribution in [0.4, 0.5) is 5.69 Å². The Morgan fingerprint density at radius 3 is 2.14 bits per heavy atom. The lowest BCUT2D eigenvalue weighted by Gasteiger charge is -2.33.